The van der Waals surface area contributed by atoms with E-state index in [2.05, 4.69) is 49.7 Å². The van der Waals surface area contributed by atoms with Gasteiger partial charge in [0.2, 0.25) is 0 Å². The molecule has 3 rings (SSSR count). The van der Waals surface area contributed by atoms with Crippen molar-refractivity contribution >= 4 is 34.9 Å². The third-order valence-electron chi connectivity index (χ3n) is 5.69. The lowest BCUT2D eigenvalue weighted by Crippen LogP contribution is -2.48. The van der Waals surface area contributed by atoms with Gasteiger partial charge in [0.05, 0.1) is 15.6 Å². The van der Waals surface area contributed by atoms with Gasteiger partial charge in [-0.1, -0.05) is 25.4 Å². The number of anilines is 1. The van der Waals surface area contributed by atoms with Crippen LogP contribution in [0.4, 0.5) is 17.1 Å². The number of benzene rings is 2. The molecule has 1 aliphatic heterocycles. The Morgan fingerprint density at radius 2 is 2.07 bits per heavy atom. The van der Waals surface area contributed by atoms with Crippen molar-refractivity contribution in [2.45, 2.75) is 58.9 Å². The summed E-state index contributed by atoms with van der Waals surface area (Å²) in [5.74, 6) is 0.429. The van der Waals surface area contributed by atoms with Gasteiger partial charge in [-0.2, -0.15) is 0 Å². The number of fused-ring (bicyclic) bond motifs is 1. The summed E-state index contributed by atoms with van der Waals surface area (Å²) >= 11 is 6.63. The molecule has 0 aromatic heterocycles. The lowest BCUT2D eigenvalue weighted by molar-refractivity contribution is -0.384. The number of nitrogens with zero attached hydrogens (tertiary/aromatic N) is 3. The lowest BCUT2D eigenvalue weighted by Gasteiger charge is -2.47. The van der Waals surface area contributed by atoms with E-state index in [1.165, 1.54) is 23.4 Å². The average Bonchev–Trinajstić information content (AvgIpc) is 2.64. The van der Waals surface area contributed by atoms with Crippen LogP contribution in [0.5, 0.6) is 0 Å². The fourth-order valence-corrected chi connectivity index (χ4v) is 4.51. The lowest BCUT2D eigenvalue weighted by atomic mass is 9.79. The number of aryl methyl sites for hydroxylation is 1. The molecule has 1 heterocycles. The number of rotatable bonds is 5. The van der Waals surface area contributed by atoms with Crippen LogP contribution in [0.25, 0.3) is 0 Å². The van der Waals surface area contributed by atoms with E-state index in [1.807, 2.05) is 6.92 Å². The summed E-state index contributed by atoms with van der Waals surface area (Å²) in [7, 11) is 0. The zero-order valence-corrected chi connectivity index (χ0v) is 18.5. The summed E-state index contributed by atoms with van der Waals surface area (Å²) in [4.78, 5) is 17.5. The molecule has 0 fully saturated rings. The van der Waals surface area contributed by atoms with Crippen molar-refractivity contribution < 1.29 is 4.92 Å². The molecule has 0 spiro atoms. The number of nitro benzene ring substituents is 1. The van der Waals surface area contributed by atoms with Crippen LogP contribution in [0.15, 0.2) is 35.3 Å². The molecule has 5 nitrogen and oxygen atoms in total. The fraction of sp³-hybridized carbons (Fsp3) is 0.435. The maximum atomic E-state index is 10.9. The van der Waals surface area contributed by atoms with E-state index < -0.39 is 4.92 Å². The number of aliphatic imine (C=N–C) groups is 1. The van der Waals surface area contributed by atoms with Crippen molar-refractivity contribution in [3.05, 3.63) is 62.2 Å². The van der Waals surface area contributed by atoms with Crippen molar-refractivity contribution in [2.24, 2.45) is 4.99 Å². The Bertz CT molecular complexity index is 969. The fourth-order valence-electron chi connectivity index (χ4n) is 4.30. The molecule has 0 saturated carbocycles. The standard InChI is InChI=1S/C23H28ClN3O2/c1-6-9-26-22-12-20(24)17(11-19(22)16(3)13-23(26,4)5)14-25-21-8-7-18(27(28)29)10-15(21)2/h7-8,10-12,14,16H,6,9,13H2,1-5H3. The van der Waals surface area contributed by atoms with Crippen LogP contribution in [0.1, 0.15) is 63.1 Å². The first-order chi connectivity index (χ1) is 13.6. The third-order valence-corrected chi connectivity index (χ3v) is 6.01. The van der Waals surface area contributed by atoms with E-state index in [4.69, 9.17) is 11.6 Å². The molecule has 0 saturated heterocycles. The van der Waals surface area contributed by atoms with Crippen molar-refractivity contribution in [3.8, 4) is 0 Å². The average molecular weight is 414 g/mol. The SMILES string of the molecule is CCCN1c2cc(Cl)c(C=Nc3ccc([N+](=O)[O-])cc3C)cc2C(C)CC1(C)C. The Hall–Kier alpha value is -2.40. The van der Waals surface area contributed by atoms with E-state index >= 15 is 0 Å². The highest BCUT2D eigenvalue weighted by molar-refractivity contribution is 6.33. The van der Waals surface area contributed by atoms with Crippen molar-refractivity contribution in [1.29, 1.82) is 0 Å². The zero-order valence-electron chi connectivity index (χ0n) is 17.7. The number of hydrogen-bond donors (Lipinski definition) is 0. The second kappa shape index (κ2) is 8.15. The van der Waals surface area contributed by atoms with E-state index in [-0.39, 0.29) is 11.2 Å². The number of hydrogen-bond acceptors (Lipinski definition) is 4. The molecule has 0 amide bonds. The number of halogens is 1. The van der Waals surface area contributed by atoms with Crippen LogP contribution in [-0.4, -0.2) is 23.2 Å². The summed E-state index contributed by atoms with van der Waals surface area (Å²) in [6, 6.07) is 8.89. The molecule has 2 aromatic rings. The number of non-ortho nitro benzene ring substituents is 1. The Kier molecular flexibility index (Phi) is 5.99. The van der Waals surface area contributed by atoms with Crippen LogP contribution >= 0.6 is 11.6 Å². The van der Waals surface area contributed by atoms with E-state index in [9.17, 15) is 10.1 Å². The minimum absolute atomic E-state index is 0.0701. The van der Waals surface area contributed by atoms with Gasteiger partial charge < -0.3 is 4.90 Å². The molecular formula is C23H28ClN3O2. The molecule has 0 radical (unpaired) electrons. The molecule has 0 bridgehead atoms. The van der Waals surface area contributed by atoms with Gasteiger partial charge in [-0.25, -0.2) is 0 Å². The Morgan fingerprint density at radius 3 is 2.69 bits per heavy atom. The maximum Gasteiger partial charge on any atom is 0.269 e. The van der Waals surface area contributed by atoms with Gasteiger partial charge in [-0.15, -0.1) is 0 Å². The molecule has 154 valence electrons. The van der Waals surface area contributed by atoms with E-state index in [0.717, 1.165) is 30.5 Å². The Labute approximate surface area is 177 Å². The first-order valence-electron chi connectivity index (χ1n) is 10.0. The van der Waals surface area contributed by atoms with Gasteiger partial charge in [-0.3, -0.25) is 15.1 Å². The van der Waals surface area contributed by atoms with Gasteiger partial charge in [0.25, 0.3) is 5.69 Å². The molecule has 2 aromatic carbocycles. The minimum atomic E-state index is -0.397. The summed E-state index contributed by atoms with van der Waals surface area (Å²) in [5, 5.41) is 11.6. The van der Waals surface area contributed by atoms with Gasteiger partial charge in [-0.05, 0) is 68.9 Å². The summed E-state index contributed by atoms with van der Waals surface area (Å²) < 4.78 is 0. The minimum Gasteiger partial charge on any atom is -0.366 e. The molecule has 1 unspecified atom stereocenters. The van der Waals surface area contributed by atoms with Crippen LogP contribution in [0, 0.1) is 17.0 Å². The second-order valence-electron chi connectivity index (χ2n) is 8.49. The van der Waals surface area contributed by atoms with Crippen molar-refractivity contribution in [2.75, 3.05) is 11.4 Å². The quantitative estimate of drug-likeness (QED) is 0.307. The van der Waals surface area contributed by atoms with Gasteiger partial charge in [0.15, 0.2) is 0 Å². The highest BCUT2D eigenvalue weighted by Crippen LogP contribution is 2.45. The van der Waals surface area contributed by atoms with E-state index in [1.54, 1.807) is 12.3 Å². The normalized spacial score (nSPS) is 18.1. The molecule has 0 N–H and O–H groups in total. The molecular weight excluding hydrogens is 386 g/mol. The molecule has 1 aliphatic rings. The predicted molar refractivity (Wildman–Crippen MR) is 121 cm³/mol. The highest BCUT2D eigenvalue weighted by atomic mass is 35.5. The molecule has 6 heteroatoms. The third kappa shape index (κ3) is 4.30. The van der Waals surface area contributed by atoms with E-state index in [0.29, 0.717) is 16.6 Å². The van der Waals surface area contributed by atoms with Crippen LogP contribution < -0.4 is 4.90 Å². The van der Waals surface area contributed by atoms with Crippen LogP contribution in [0.3, 0.4) is 0 Å². The van der Waals surface area contributed by atoms with Gasteiger partial charge >= 0.3 is 0 Å². The zero-order chi connectivity index (χ0) is 21.3. The molecule has 29 heavy (non-hydrogen) atoms. The summed E-state index contributed by atoms with van der Waals surface area (Å²) in [6.45, 7) is 11.9. The smallest absolute Gasteiger partial charge is 0.269 e. The largest absolute Gasteiger partial charge is 0.366 e. The Morgan fingerprint density at radius 1 is 1.34 bits per heavy atom. The first-order valence-corrected chi connectivity index (χ1v) is 10.4. The monoisotopic (exact) mass is 413 g/mol. The number of nitro groups is 1. The summed E-state index contributed by atoms with van der Waals surface area (Å²) in [6.07, 6.45) is 3.92. The van der Waals surface area contributed by atoms with Crippen LogP contribution in [0.2, 0.25) is 5.02 Å². The molecule has 1 atom stereocenters. The highest BCUT2D eigenvalue weighted by Gasteiger charge is 2.36. The van der Waals surface area contributed by atoms with Crippen LogP contribution in [-0.2, 0) is 0 Å². The first kappa shape index (κ1) is 21.3. The maximum absolute atomic E-state index is 10.9. The topological polar surface area (TPSA) is 58.7 Å². The molecule has 0 aliphatic carbocycles. The van der Waals surface area contributed by atoms with Crippen molar-refractivity contribution in [1.82, 2.24) is 0 Å². The second-order valence-corrected chi connectivity index (χ2v) is 8.90. The Balaban J connectivity index is 1.98. The van der Waals surface area contributed by atoms with Gasteiger partial charge in [0, 0.05) is 41.7 Å². The predicted octanol–water partition coefficient (Wildman–Crippen LogP) is 6.81. The van der Waals surface area contributed by atoms with Gasteiger partial charge in [0.1, 0.15) is 0 Å². The van der Waals surface area contributed by atoms with Crippen molar-refractivity contribution in [3.63, 3.8) is 0 Å². The summed E-state index contributed by atoms with van der Waals surface area (Å²) in [5.41, 5.74) is 5.00.